The molecule has 1 saturated heterocycles. The van der Waals surface area contributed by atoms with Gasteiger partial charge in [-0.05, 0) is 0 Å². The Morgan fingerprint density at radius 1 is 1.53 bits per heavy atom. The summed E-state index contributed by atoms with van der Waals surface area (Å²) in [6, 6.07) is -0.263. The molecule has 17 heavy (non-hydrogen) atoms. The number of hydrogen-bond acceptors (Lipinski definition) is 5. The van der Waals surface area contributed by atoms with Crippen LogP contribution in [0, 0.1) is 0 Å². The van der Waals surface area contributed by atoms with Gasteiger partial charge in [0.1, 0.15) is 6.04 Å². The quantitative estimate of drug-likeness (QED) is 0.627. The number of carbonyl (C=O) groups is 1. The van der Waals surface area contributed by atoms with Gasteiger partial charge in [-0.3, -0.25) is 9.69 Å². The fourth-order valence-electron chi connectivity index (χ4n) is 1.84. The van der Waals surface area contributed by atoms with Gasteiger partial charge in [0.15, 0.2) is 9.84 Å². The van der Waals surface area contributed by atoms with Gasteiger partial charge < -0.3 is 10.6 Å². The number of piperazine rings is 1. The van der Waals surface area contributed by atoms with Crippen LogP contribution in [0.15, 0.2) is 0 Å². The molecule has 1 fully saturated rings. The molecule has 1 atom stereocenters. The van der Waals surface area contributed by atoms with Crippen LogP contribution in [0.2, 0.25) is 0 Å². The minimum atomic E-state index is -2.97. The van der Waals surface area contributed by atoms with Crippen molar-refractivity contribution in [3.8, 4) is 0 Å². The minimum absolute atomic E-state index is 0.0638. The number of sulfone groups is 1. The van der Waals surface area contributed by atoms with Crippen LogP contribution in [0.1, 0.15) is 6.92 Å². The second-order valence-electron chi connectivity index (χ2n) is 4.11. The van der Waals surface area contributed by atoms with Crippen LogP contribution in [-0.4, -0.2) is 70.0 Å². The van der Waals surface area contributed by atoms with E-state index < -0.39 is 9.84 Å². The summed E-state index contributed by atoms with van der Waals surface area (Å²) in [4.78, 5) is 13.6. The Labute approximate surface area is 103 Å². The molecular weight excluding hydrogens is 242 g/mol. The zero-order chi connectivity index (χ0) is 12.9. The first-order valence-electron chi connectivity index (χ1n) is 5.87. The maximum Gasteiger partial charge on any atom is 0.238 e. The molecule has 1 heterocycles. The lowest BCUT2D eigenvalue weighted by atomic mass is 10.2. The van der Waals surface area contributed by atoms with E-state index in [1.807, 2.05) is 4.90 Å². The molecule has 1 amide bonds. The van der Waals surface area contributed by atoms with E-state index in [1.54, 1.807) is 14.0 Å². The average Bonchev–Trinajstić information content (AvgIpc) is 2.36. The molecule has 1 aliphatic rings. The van der Waals surface area contributed by atoms with Gasteiger partial charge in [-0.1, -0.05) is 6.92 Å². The number of nitrogens with one attached hydrogen (secondary N) is 2. The topological polar surface area (TPSA) is 78.5 Å². The molecule has 0 aromatic carbocycles. The molecule has 0 saturated carbocycles. The number of hydrogen-bond donors (Lipinski definition) is 2. The lowest BCUT2D eigenvalue weighted by Gasteiger charge is -2.34. The summed E-state index contributed by atoms with van der Waals surface area (Å²) >= 11 is 0. The van der Waals surface area contributed by atoms with Crippen molar-refractivity contribution in [3.05, 3.63) is 0 Å². The Bertz CT molecular complexity index is 356. The third-order valence-electron chi connectivity index (χ3n) is 3.03. The van der Waals surface area contributed by atoms with E-state index in [9.17, 15) is 13.2 Å². The van der Waals surface area contributed by atoms with Gasteiger partial charge in [0, 0.05) is 39.0 Å². The third-order valence-corrected chi connectivity index (χ3v) is 4.72. The molecule has 0 aliphatic carbocycles. The van der Waals surface area contributed by atoms with E-state index in [0.717, 1.165) is 6.54 Å². The van der Waals surface area contributed by atoms with Crippen LogP contribution in [0.4, 0.5) is 0 Å². The van der Waals surface area contributed by atoms with E-state index in [-0.39, 0.29) is 23.5 Å². The van der Waals surface area contributed by atoms with Crippen molar-refractivity contribution in [2.45, 2.75) is 13.0 Å². The summed E-state index contributed by atoms with van der Waals surface area (Å²) in [6.45, 7) is 4.14. The molecular formula is C10H21N3O3S. The van der Waals surface area contributed by atoms with Crippen LogP contribution >= 0.6 is 0 Å². The Hall–Kier alpha value is -0.660. The van der Waals surface area contributed by atoms with Crippen molar-refractivity contribution < 1.29 is 13.2 Å². The molecule has 2 N–H and O–H groups in total. The highest BCUT2D eigenvalue weighted by molar-refractivity contribution is 7.91. The van der Waals surface area contributed by atoms with Crippen molar-refractivity contribution in [3.63, 3.8) is 0 Å². The number of likely N-dealkylation sites (N-methyl/N-ethyl adjacent to an activating group) is 1. The first-order valence-corrected chi connectivity index (χ1v) is 7.69. The molecule has 1 rings (SSSR count). The highest BCUT2D eigenvalue weighted by Gasteiger charge is 2.28. The standard InChI is InChI=1S/C10H21N3O3S/c1-3-17(15,16)7-6-13-5-4-12-8-9(13)10(14)11-2/h9,12H,3-8H2,1-2H3,(H,11,14). The van der Waals surface area contributed by atoms with Crippen LogP contribution < -0.4 is 10.6 Å². The summed E-state index contributed by atoms with van der Waals surface area (Å²) < 4.78 is 22.9. The normalized spacial score (nSPS) is 22.4. The van der Waals surface area contributed by atoms with Gasteiger partial charge in [0.25, 0.3) is 0 Å². The second kappa shape index (κ2) is 6.32. The molecule has 1 aliphatic heterocycles. The molecule has 7 heteroatoms. The van der Waals surface area contributed by atoms with Crippen LogP contribution in [0.3, 0.4) is 0 Å². The fourth-order valence-corrected chi connectivity index (χ4v) is 2.64. The van der Waals surface area contributed by atoms with Gasteiger partial charge in [-0.2, -0.15) is 0 Å². The molecule has 0 aromatic heterocycles. The van der Waals surface area contributed by atoms with E-state index in [0.29, 0.717) is 19.6 Å². The number of carbonyl (C=O) groups excluding carboxylic acids is 1. The number of rotatable bonds is 5. The minimum Gasteiger partial charge on any atom is -0.358 e. The zero-order valence-corrected chi connectivity index (χ0v) is 11.2. The SMILES string of the molecule is CCS(=O)(=O)CCN1CCNCC1C(=O)NC. The van der Waals surface area contributed by atoms with Crippen molar-refractivity contribution in [2.24, 2.45) is 0 Å². The molecule has 0 spiro atoms. The van der Waals surface area contributed by atoms with Gasteiger partial charge in [-0.15, -0.1) is 0 Å². The fraction of sp³-hybridized carbons (Fsp3) is 0.900. The maximum absolute atomic E-state index is 11.6. The van der Waals surface area contributed by atoms with E-state index >= 15 is 0 Å². The van der Waals surface area contributed by atoms with Crippen molar-refractivity contribution >= 4 is 15.7 Å². The second-order valence-corrected chi connectivity index (χ2v) is 6.58. The monoisotopic (exact) mass is 263 g/mol. The van der Waals surface area contributed by atoms with Crippen molar-refractivity contribution in [1.29, 1.82) is 0 Å². The molecule has 0 aromatic rings. The van der Waals surface area contributed by atoms with Crippen molar-refractivity contribution in [1.82, 2.24) is 15.5 Å². The van der Waals surface area contributed by atoms with E-state index in [4.69, 9.17) is 0 Å². The summed E-state index contributed by atoms with van der Waals surface area (Å²) in [7, 11) is -1.37. The molecule has 100 valence electrons. The summed E-state index contributed by atoms with van der Waals surface area (Å²) in [5.74, 6) is 0.215. The van der Waals surface area contributed by atoms with Crippen LogP contribution in [0.5, 0.6) is 0 Å². The smallest absolute Gasteiger partial charge is 0.238 e. The van der Waals surface area contributed by atoms with E-state index in [1.165, 1.54) is 0 Å². The maximum atomic E-state index is 11.6. The number of amides is 1. The summed E-state index contributed by atoms with van der Waals surface area (Å²) in [5.41, 5.74) is 0. The predicted molar refractivity (Wildman–Crippen MR) is 66.6 cm³/mol. The third kappa shape index (κ3) is 4.25. The van der Waals surface area contributed by atoms with E-state index in [2.05, 4.69) is 10.6 Å². The Kier molecular flexibility index (Phi) is 5.35. The largest absolute Gasteiger partial charge is 0.358 e. The molecule has 6 nitrogen and oxygen atoms in total. The first-order chi connectivity index (χ1) is 8.00. The van der Waals surface area contributed by atoms with Crippen molar-refractivity contribution in [2.75, 3.05) is 44.7 Å². The molecule has 0 radical (unpaired) electrons. The van der Waals surface area contributed by atoms with Crippen LogP contribution in [0.25, 0.3) is 0 Å². The summed E-state index contributed by atoms with van der Waals surface area (Å²) in [6.07, 6.45) is 0. The predicted octanol–water partition coefficient (Wildman–Crippen LogP) is -1.56. The van der Waals surface area contributed by atoms with Gasteiger partial charge in [0.2, 0.25) is 5.91 Å². The van der Waals surface area contributed by atoms with Gasteiger partial charge in [0.05, 0.1) is 5.75 Å². The van der Waals surface area contributed by atoms with Gasteiger partial charge >= 0.3 is 0 Å². The van der Waals surface area contributed by atoms with Crippen LogP contribution in [-0.2, 0) is 14.6 Å². The Balaban J connectivity index is 2.57. The zero-order valence-electron chi connectivity index (χ0n) is 10.4. The first kappa shape index (κ1) is 14.4. The molecule has 0 bridgehead atoms. The average molecular weight is 263 g/mol. The number of nitrogens with zero attached hydrogens (tertiary/aromatic N) is 1. The Morgan fingerprint density at radius 2 is 2.24 bits per heavy atom. The highest BCUT2D eigenvalue weighted by atomic mass is 32.2. The molecule has 1 unspecified atom stereocenters. The highest BCUT2D eigenvalue weighted by Crippen LogP contribution is 2.04. The lowest BCUT2D eigenvalue weighted by Crippen LogP contribution is -2.58. The Morgan fingerprint density at radius 3 is 2.82 bits per heavy atom. The lowest BCUT2D eigenvalue weighted by molar-refractivity contribution is -0.126. The van der Waals surface area contributed by atoms with Gasteiger partial charge in [-0.25, -0.2) is 8.42 Å². The summed E-state index contributed by atoms with van der Waals surface area (Å²) in [5, 5.41) is 5.74.